The monoisotopic (exact) mass is 392 g/mol. The number of carbonyl (C=O) groups excluding carboxylic acids is 1. The van der Waals surface area contributed by atoms with Crippen LogP contribution in [0.5, 0.6) is 5.75 Å². The molecule has 0 unspecified atom stereocenters. The van der Waals surface area contributed by atoms with Gasteiger partial charge in [0, 0.05) is 4.47 Å². The van der Waals surface area contributed by atoms with E-state index in [2.05, 4.69) is 31.9 Å². The summed E-state index contributed by atoms with van der Waals surface area (Å²) < 4.78 is 20.4. The molecule has 6 heteroatoms. The number of halogens is 3. The van der Waals surface area contributed by atoms with E-state index >= 15 is 0 Å². The highest BCUT2D eigenvalue weighted by Gasteiger charge is 2.19. The Hall–Kier alpha value is -0.720. The molecule has 2 aromatic rings. The molecule has 0 amide bonds. The molecule has 0 aliphatic carbocycles. The van der Waals surface area contributed by atoms with Gasteiger partial charge >= 0.3 is 0 Å². The smallest absolute Gasteiger partial charge is 0.206 e. The molecule has 1 aromatic heterocycles. The molecule has 0 N–H and O–H groups in total. The summed E-state index contributed by atoms with van der Waals surface area (Å²) in [5.41, 5.74) is 0.00981. The molecule has 0 spiro atoms. The molecule has 0 saturated heterocycles. The molecular formula is C12H7Br2FO2S. The maximum absolute atomic E-state index is 14.0. The molecule has 0 radical (unpaired) electrons. The highest BCUT2D eigenvalue weighted by Crippen LogP contribution is 2.34. The molecule has 0 atom stereocenters. The number of ketones is 1. The average Bonchev–Trinajstić information content (AvgIpc) is 2.69. The molecule has 0 aliphatic rings. The van der Waals surface area contributed by atoms with Crippen molar-refractivity contribution in [3.8, 4) is 5.75 Å². The summed E-state index contributed by atoms with van der Waals surface area (Å²) in [6, 6.07) is 6.18. The van der Waals surface area contributed by atoms with Gasteiger partial charge in [0.25, 0.3) is 0 Å². The minimum absolute atomic E-state index is 0.00981. The van der Waals surface area contributed by atoms with Crippen molar-refractivity contribution < 1.29 is 13.9 Å². The summed E-state index contributed by atoms with van der Waals surface area (Å²) in [6.07, 6.45) is 0. The second kappa shape index (κ2) is 5.50. The van der Waals surface area contributed by atoms with Crippen LogP contribution in [-0.4, -0.2) is 12.9 Å². The van der Waals surface area contributed by atoms with Gasteiger partial charge in [-0.15, -0.1) is 11.3 Å². The number of carbonyl (C=O) groups is 1. The van der Waals surface area contributed by atoms with E-state index in [4.69, 9.17) is 4.74 Å². The van der Waals surface area contributed by atoms with Gasteiger partial charge in [0.05, 0.1) is 21.3 Å². The SMILES string of the molecule is COc1cccc(C(=O)c2cc(Br)c(Br)s2)c1F. The summed E-state index contributed by atoms with van der Waals surface area (Å²) >= 11 is 7.85. The van der Waals surface area contributed by atoms with Gasteiger partial charge in [0.1, 0.15) is 0 Å². The standard InChI is InChI=1S/C12H7Br2FO2S/c1-17-8-4-2-3-6(10(8)15)11(16)9-5-7(13)12(14)18-9/h2-5H,1H3. The summed E-state index contributed by atoms with van der Waals surface area (Å²) in [4.78, 5) is 12.6. The Labute approximate surface area is 124 Å². The molecule has 0 bridgehead atoms. The molecule has 0 fully saturated rings. The number of ether oxygens (including phenoxy) is 1. The lowest BCUT2D eigenvalue weighted by molar-refractivity contribution is 0.103. The topological polar surface area (TPSA) is 26.3 Å². The van der Waals surface area contributed by atoms with Crippen LogP contribution in [0.15, 0.2) is 32.5 Å². The van der Waals surface area contributed by atoms with E-state index in [1.807, 2.05) is 0 Å². The highest BCUT2D eigenvalue weighted by atomic mass is 79.9. The first-order chi connectivity index (χ1) is 8.54. The number of methoxy groups -OCH3 is 1. The molecule has 0 aliphatic heterocycles. The molecule has 94 valence electrons. The third kappa shape index (κ3) is 2.50. The van der Waals surface area contributed by atoms with Gasteiger partial charge in [-0.05, 0) is 50.1 Å². The second-order valence-corrected chi connectivity index (χ2v) is 6.61. The van der Waals surface area contributed by atoms with Crippen molar-refractivity contribution in [2.75, 3.05) is 7.11 Å². The van der Waals surface area contributed by atoms with Crippen LogP contribution < -0.4 is 4.74 Å². The van der Waals surface area contributed by atoms with Gasteiger partial charge < -0.3 is 4.74 Å². The summed E-state index contributed by atoms with van der Waals surface area (Å²) in [6.45, 7) is 0. The Bertz CT molecular complexity index is 591. The van der Waals surface area contributed by atoms with Crippen molar-refractivity contribution in [3.63, 3.8) is 0 Å². The molecule has 2 nitrogen and oxygen atoms in total. The van der Waals surface area contributed by atoms with Crippen LogP contribution in [0.1, 0.15) is 15.2 Å². The predicted molar refractivity (Wildman–Crippen MR) is 76.1 cm³/mol. The van der Waals surface area contributed by atoms with Crippen LogP contribution in [0.2, 0.25) is 0 Å². The summed E-state index contributed by atoms with van der Waals surface area (Å²) in [7, 11) is 1.37. The minimum Gasteiger partial charge on any atom is -0.494 e. The molecule has 1 heterocycles. The molecule has 18 heavy (non-hydrogen) atoms. The minimum atomic E-state index is -0.634. The fourth-order valence-electron chi connectivity index (χ4n) is 1.44. The van der Waals surface area contributed by atoms with Crippen molar-refractivity contribution in [2.24, 2.45) is 0 Å². The Balaban J connectivity index is 2.46. The normalized spacial score (nSPS) is 10.4. The fourth-order valence-corrected chi connectivity index (χ4v) is 3.42. The van der Waals surface area contributed by atoms with Crippen molar-refractivity contribution in [3.05, 3.63) is 48.8 Å². The number of hydrogen-bond donors (Lipinski definition) is 0. The molecule has 2 rings (SSSR count). The fraction of sp³-hybridized carbons (Fsp3) is 0.0833. The van der Waals surface area contributed by atoms with Gasteiger partial charge in [0.2, 0.25) is 5.78 Å². The summed E-state index contributed by atoms with van der Waals surface area (Å²) in [5, 5.41) is 0. The van der Waals surface area contributed by atoms with Crippen LogP contribution in [0, 0.1) is 5.82 Å². The first kappa shape index (κ1) is 13.7. The Kier molecular flexibility index (Phi) is 4.19. The third-order valence-electron chi connectivity index (χ3n) is 2.30. The van der Waals surface area contributed by atoms with Gasteiger partial charge in [-0.1, -0.05) is 6.07 Å². The second-order valence-electron chi connectivity index (χ2n) is 3.38. The molecule has 1 aromatic carbocycles. The van der Waals surface area contributed by atoms with E-state index < -0.39 is 5.82 Å². The van der Waals surface area contributed by atoms with E-state index in [0.717, 1.165) is 8.26 Å². The Morgan fingerprint density at radius 3 is 2.67 bits per heavy atom. The zero-order valence-corrected chi connectivity index (χ0v) is 13.2. The first-order valence-electron chi connectivity index (χ1n) is 4.86. The van der Waals surface area contributed by atoms with E-state index in [1.165, 1.54) is 30.6 Å². The Morgan fingerprint density at radius 1 is 1.39 bits per heavy atom. The molecular weight excluding hydrogens is 387 g/mol. The number of thiophene rings is 1. The zero-order valence-electron chi connectivity index (χ0n) is 9.17. The van der Waals surface area contributed by atoms with Crippen molar-refractivity contribution in [1.29, 1.82) is 0 Å². The van der Waals surface area contributed by atoms with Crippen LogP contribution >= 0.6 is 43.2 Å². The third-order valence-corrected chi connectivity index (χ3v) is 5.55. The maximum atomic E-state index is 14.0. The van der Waals surface area contributed by atoms with Crippen molar-refractivity contribution in [1.82, 2.24) is 0 Å². The van der Waals surface area contributed by atoms with Gasteiger partial charge in [0.15, 0.2) is 11.6 Å². The van der Waals surface area contributed by atoms with E-state index in [-0.39, 0.29) is 17.1 Å². The summed E-state index contributed by atoms with van der Waals surface area (Å²) in [5.74, 6) is -0.927. The number of hydrogen-bond acceptors (Lipinski definition) is 3. The van der Waals surface area contributed by atoms with Crippen LogP contribution in [-0.2, 0) is 0 Å². The average molecular weight is 394 g/mol. The van der Waals surface area contributed by atoms with E-state index in [1.54, 1.807) is 12.1 Å². The van der Waals surface area contributed by atoms with Gasteiger partial charge in [-0.2, -0.15) is 0 Å². The predicted octanol–water partition coefficient (Wildman–Crippen LogP) is 4.65. The van der Waals surface area contributed by atoms with Gasteiger partial charge in [-0.3, -0.25) is 4.79 Å². The Morgan fingerprint density at radius 2 is 2.11 bits per heavy atom. The number of rotatable bonds is 3. The quantitative estimate of drug-likeness (QED) is 0.709. The number of benzene rings is 1. The lowest BCUT2D eigenvalue weighted by Gasteiger charge is -2.05. The van der Waals surface area contributed by atoms with E-state index in [9.17, 15) is 9.18 Å². The maximum Gasteiger partial charge on any atom is 0.206 e. The van der Waals surface area contributed by atoms with Gasteiger partial charge in [-0.25, -0.2) is 4.39 Å². The van der Waals surface area contributed by atoms with Crippen molar-refractivity contribution >= 4 is 49.0 Å². The highest BCUT2D eigenvalue weighted by molar-refractivity contribution is 9.13. The first-order valence-corrected chi connectivity index (χ1v) is 7.27. The molecule has 0 saturated carbocycles. The zero-order chi connectivity index (χ0) is 13.3. The van der Waals surface area contributed by atoms with Crippen LogP contribution in [0.3, 0.4) is 0 Å². The van der Waals surface area contributed by atoms with Crippen LogP contribution in [0.4, 0.5) is 4.39 Å². The van der Waals surface area contributed by atoms with Crippen molar-refractivity contribution in [2.45, 2.75) is 0 Å². The van der Waals surface area contributed by atoms with E-state index in [0.29, 0.717) is 4.88 Å². The van der Waals surface area contributed by atoms with Crippen LogP contribution in [0.25, 0.3) is 0 Å². The lowest BCUT2D eigenvalue weighted by atomic mass is 10.1. The largest absolute Gasteiger partial charge is 0.494 e. The lowest BCUT2D eigenvalue weighted by Crippen LogP contribution is -2.03.